The molecule has 0 radical (unpaired) electrons. The van der Waals surface area contributed by atoms with Gasteiger partial charge in [-0.3, -0.25) is 14.4 Å². The van der Waals surface area contributed by atoms with E-state index in [2.05, 4.69) is 10.6 Å². The average molecular weight is 398 g/mol. The molecular weight excluding hydrogens is 372 g/mol. The lowest BCUT2D eigenvalue weighted by atomic mass is 10.1. The van der Waals surface area contributed by atoms with E-state index in [-0.39, 0.29) is 32.6 Å². The lowest BCUT2D eigenvalue weighted by Crippen LogP contribution is -2.47. The van der Waals surface area contributed by atoms with E-state index >= 15 is 0 Å². The molecular formula is C22H26N2O5. The van der Waals surface area contributed by atoms with Crippen molar-refractivity contribution in [2.45, 2.75) is 31.9 Å². The topological polar surface area (TPSA) is 105 Å². The maximum Gasteiger partial charge on any atom is 0.306 e. The van der Waals surface area contributed by atoms with Crippen molar-refractivity contribution in [3.63, 3.8) is 0 Å². The van der Waals surface area contributed by atoms with Gasteiger partial charge in [-0.2, -0.15) is 0 Å². The van der Waals surface area contributed by atoms with Crippen molar-refractivity contribution in [2.24, 2.45) is 0 Å². The number of esters is 1. The summed E-state index contributed by atoms with van der Waals surface area (Å²) in [7, 11) is 0. The minimum Gasteiger partial charge on any atom is -0.461 e. The van der Waals surface area contributed by atoms with E-state index in [1.54, 1.807) is 30.3 Å². The van der Waals surface area contributed by atoms with Crippen molar-refractivity contribution in [2.75, 3.05) is 13.2 Å². The first-order valence-corrected chi connectivity index (χ1v) is 9.54. The van der Waals surface area contributed by atoms with Crippen LogP contribution in [0.25, 0.3) is 0 Å². The second kappa shape index (κ2) is 12.3. The van der Waals surface area contributed by atoms with Crippen LogP contribution in [0.4, 0.5) is 0 Å². The summed E-state index contributed by atoms with van der Waals surface area (Å²) >= 11 is 0. The zero-order chi connectivity index (χ0) is 20.9. The molecule has 154 valence electrons. The molecule has 0 aliphatic carbocycles. The molecule has 0 bridgehead atoms. The number of ether oxygens (including phenoxy) is 1. The highest BCUT2D eigenvalue weighted by atomic mass is 16.5. The van der Waals surface area contributed by atoms with E-state index in [0.29, 0.717) is 12.0 Å². The molecule has 2 aromatic carbocycles. The molecule has 1 atom stereocenters. The van der Waals surface area contributed by atoms with Crippen LogP contribution in [0.2, 0.25) is 0 Å². The van der Waals surface area contributed by atoms with E-state index < -0.39 is 23.8 Å². The maximum atomic E-state index is 12.4. The number of carbonyl (C=O) groups excluding carboxylic acids is 3. The summed E-state index contributed by atoms with van der Waals surface area (Å²) in [5.41, 5.74) is 1.30. The Labute approximate surface area is 170 Å². The number of rotatable bonds is 11. The van der Waals surface area contributed by atoms with Gasteiger partial charge < -0.3 is 20.5 Å². The van der Waals surface area contributed by atoms with Crippen molar-refractivity contribution in [1.29, 1.82) is 0 Å². The van der Waals surface area contributed by atoms with Crippen LogP contribution in [0.5, 0.6) is 0 Å². The number of benzene rings is 2. The number of hydrogen-bond donors (Lipinski definition) is 3. The van der Waals surface area contributed by atoms with E-state index in [1.807, 2.05) is 30.3 Å². The molecule has 0 heterocycles. The Hall–Kier alpha value is -3.19. The van der Waals surface area contributed by atoms with Gasteiger partial charge in [0.25, 0.3) is 5.91 Å². The second-order valence-corrected chi connectivity index (χ2v) is 6.45. The number of hydrogen-bond acceptors (Lipinski definition) is 5. The zero-order valence-electron chi connectivity index (χ0n) is 16.2. The van der Waals surface area contributed by atoms with Gasteiger partial charge >= 0.3 is 5.97 Å². The largest absolute Gasteiger partial charge is 0.461 e. The molecule has 2 aromatic rings. The first kappa shape index (κ1) is 22.1. The Morgan fingerprint density at radius 3 is 2.28 bits per heavy atom. The Kier molecular flexibility index (Phi) is 9.38. The molecule has 0 saturated carbocycles. The van der Waals surface area contributed by atoms with Crippen molar-refractivity contribution in [1.82, 2.24) is 10.6 Å². The lowest BCUT2D eigenvalue weighted by Gasteiger charge is -2.18. The third-order valence-corrected chi connectivity index (χ3v) is 4.17. The minimum atomic E-state index is -0.884. The van der Waals surface area contributed by atoms with Crippen molar-refractivity contribution in [3.05, 3.63) is 71.8 Å². The van der Waals surface area contributed by atoms with Crippen LogP contribution < -0.4 is 10.6 Å². The van der Waals surface area contributed by atoms with Gasteiger partial charge in [-0.05, 0) is 30.5 Å². The predicted molar refractivity (Wildman–Crippen MR) is 108 cm³/mol. The number of nitrogens with one attached hydrogen (secondary N) is 2. The van der Waals surface area contributed by atoms with Crippen LogP contribution in [-0.4, -0.2) is 42.1 Å². The fourth-order valence-corrected chi connectivity index (χ4v) is 2.59. The van der Waals surface area contributed by atoms with Gasteiger partial charge in [0.15, 0.2) is 0 Å². The standard InChI is InChI=1S/C22H26N2O5/c25-15-7-14-23-22(28)19(24-21(27)18-10-5-2-6-11-18)12-13-20(26)29-16-17-8-3-1-4-9-17/h1-6,8-11,19,25H,7,12-16H2,(H,23,28)(H,24,27). The highest BCUT2D eigenvalue weighted by molar-refractivity contribution is 5.97. The van der Waals surface area contributed by atoms with Gasteiger partial charge in [0, 0.05) is 25.1 Å². The molecule has 29 heavy (non-hydrogen) atoms. The molecule has 0 spiro atoms. The molecule has 0 aliphatic heterocycles. The predicted octanol–water partition coefficient (Wildman–Crippen LogP) is 1.81. The highest BCUT2D eigenvalue weighted by Gasteiger charge is 2.22. The van der Waals surface area contributed by atoms with Crippen LogP contribution in [0, 0.1) is 0 Å². The number of amides is 2. The molecule has 3 N–H and O–H groups in total. The van der Waals surface area contributed by atoms with Crippen LogP contribution >= 0.6 is 0 Å². The van der Waals surface area contributed by atoms with Crippen LogP contribution in [0.1, 0.15) is 35.2 Å². The number of aliphatic hydroxyl groups excluding tert-OH is 1. The molecule has 2 rings (SSSR count). The van der Waals surface area contributed by atoms with Crippen LogP contribution in [0.3, 0.4) is 0 Å². The van der Waals surface area contributed by atoms with Gasteiger partial charge in [-0.25, -0.2) is 0 Å². The third kappa shape index (κ3) is 8.15. The maximum absolute atomic E-state index is 12.4. The fraction of sp³-hybridized carbons (Fsp3) is 0.318. The summed E-state index contributed by atoms with van der Waals surface area (Å²) in [5, 5.41) is 14.2. The van der Waals surface area contributed by atoms with Gasteiger partial charge in [0.2, 0.25) is 5.91 Å². The molecule has 7 heteroatoms. The molecule has 0 aliphatic rings. The van der Waals surface area contributed by atoms with Gasteiger partial charge in [-0.1, -0.05) is 48.5 Å². The van der Waals surface area contributed by atoms with Gasteiger partial charge in [0.1, 0.15) is 12.6 Å². The van der Waals surface area contributed by atoms with E-state index in [1.165, 1.54) is 0 Å². The third-order valence-electron chi connectivity index (χ3n) is 4.17. The monoisotopic (exact) mass is 398 g/mol. The summed E-state index contributed by atoms with van der Waals surface area (Å²) in [6.45, 7) is 0.391. The number of aliphatic hydroxyl groups is 1. The normalized spacial score (nSPS) is 11.3. The summed E-state index contributed by atoms with van der Waals surface area (Å²) in [5.74, 6) is -1.25. The SMILES string of the molecule is O=C(CCC(NC(=O)c1ccccc1)C(=O)NCCCO)OCc1ccccc1. The smallest absolute Gasteiger partial charge is 0.306 e. The zero-order valence-corrected chi connectivity index (χ0v) is 16.2. The summed E-state index contributed by atoms with van der Waals surface area (Å²) < 4.78 is 5.23. The summed E-state index contributed by atoms with van der Waals surface area (Å²) in [6, 6.07) is 16.9. The van der Waals surface area contributed by atoms with Gasteiger partial charge in [-0.15, -0.1) is 0 Å². The first-order chi connectivity index (χ1) is 14.1. The Morgan fingerprint density at radius 2 is 1.62 bits per heavy atom. The van der Waals surface area contributed by atoms with Crippen molar-refractivity contribution < 1.29 is 24.2 Å². The Balaban J connectivity index is 1.90. The molecule has 0 saturated heterocycles. The fourth-order valence-electron chi connectivity index (χ4n) is 2.59. The summed E-state index contributed by atoms with van der Waals surface area (Å²) in [6.07, 6.45) is 0.501. The van der Waals surface area contributed by atoms with Crippen molar-refractivity contribution >= 4 is 17.8 Å². The minimum absolute atomic E-state index is 0.0139. The second-order valence-electron chi connectivity index (χ2n) is 6.45. The van der Waals surface area contributed by atoms with E-state index in [9.17, 15) is 14.4 Å². The molecule has 0 aromatic heterocycles. The Bertz CT molecular complexity index is 780. The van der Waals surface area contributed by atoms with Crippen LogP contribution in [0.15, 0.2) is 60.7 Å². The van der Waals surface area contributed by atoms with E-state index in [0.717, 1.165) is 5.56 Å². The highest BCUT2D eigenvalue weighted by Crippen LogP contribution is 2.06. The van der Waals surface area contributed by atoms with E-state index in [4.69, 9.17) is 9.84 Å². The molecule has 1 unspecified atom stereocenters. The first-order valence-electron chi connectivity index (χ1n) is 9.54. The molecule has 7 nitrogen and oxygen atoms in total. The number of carbonyl (C=O) groups is 3. The van der Waals surface area contributed by atoms with Crippen LogP contribution in [-0.2, 0) is 20.9 Å². The quantitative estimate of drug-likeness (QED) is 0.396. The molecule has 0 fully saturated rings. The van der Waals surface area contributed by atoms with Gasteiger partial charge in [0.05, 0.1) is 0 Å². The lowest BCUT2D eigenvalue weighted by molar-refractivity contribution is -0.145. The average Bonchev–Trinajstić information content (AvgIpc) is 2.76. The van der Waals surface area contributed by atoms with Crippen molar-refractivity contribution in [3.8, 4) is 0 Å². The summed E-state index contributed by atoms with van der Waals surface area (Å²) in [4.78, 5) is 36.9. The molecule has 2 amide bonds. The Morgan fingerprint density at radius 1 is 0.966 bits per heavy atom.